The first-order valence-corrected chi connectivity index (χ1v) is 9.22. The number of nitriles is 1. The van der Waals surface area contributed by atoms with Crippen molar-refractivity contribution in [1.82, 2.24) is 5.32 Å². The van der Waals surface area contributed by atoms with Gasteiger partial charge in [-0.3, -0.25) is 10.1 Å². The van der Waals surface area contributed by atoms with E-state index < -0.39 is 24.0 Å². The van der Waals surface area contributed by atoms with Gasteiger partial charge in [-0.1, -0.05) is 49.9 Å². The van der Waals surface area contributed by atoms with Crippen LogP contribution in [0, 0.1) is 17.2 Å². The summed E-state index contributed by atoms with van der Waals surface area (Å²) in [5.74, 6) is -1.87. The van der Waals surface area contributed by atoms with E-state index in [9.17, 15) is 19.6 Å². The molecule has 0 fully saturated rings. The number of carbonyl (C=O) groups is 3. The molecule has 0 aliphatic rings. The van der Waals surface area contributed by atoms with E-state index in [-0.39, 0.29) is 11.5 Å². The highest BCUT2D eigenvalue weighted by atomic mass is 32.2. The molecule has 0 aliphatic heterocycles. The Balaban J connectivity index is 2.27. The molecule has 0 heterocycles. The number of hydrogen-bond acceptors (Lipinski definition) is 6. The number of hydrogen-bond donors (Lipinski definition) is 2. The Morgan fingerprint density at radius 3 is 2.29 bits per heavy atom. The average molecular weight is 397 g/mol. The highest BCUT2D eigenvalue weighted by molar-refractivity contribution is 7.99. The first kappa shape index (κ1) is 21.0. The van der Waals surface area contributed by atoms with Crippen LogP contribution in [0.3, 0.4) is 0 Å². The molecule has 1 unspecified atom stereocenters. The Morgan fingerprint density at radius 1 is 1.07 bits per heavy atom. The minimum atomic E-state index is -1.18. The molecule has 3 N–H and O–H groups in total. The summed E-state index contributed by atoms with van der Waals surface area (Å²) in [4.78, 5) is 37.0. The van der Waals surface area contributed by atoms with Crippen LogP contribution in [0.1, 0.15) is 29.8 Å². The molecule has 3 amide bonds. The molecule has 2 aromatic carbocycles. The van der Waals surface area contributed by atoms with Crippen LogP contribution in [0.2, 0.25) is 0 Å². The third kappa shape index (κ3) is 5.34. The van der Waals surface area contributed by atoms with Crippen molar-refractivity contribution in [1.29, 1.82) is 5.26 Å². The van der Waals surface area contributed by atoms with E-state index in [0.717, 1.165) is 0 Å². The van der Waals surface area contributed by atoms with Crippen molar-refractivity contribution < 1.29 is 19.1 Å². The van der Waals surface area contributed by atoms with E-state index >= 15 is 0 Å². The standard InChI is InChI=1S/C20H19N3O4S/c1-12(2)17(18(24)23-20(22)26)27-19(25)14-8-4-6-10-16(14)28-15-9-5-3-7-13(15)11-21/h3-10,12,17H,1-2H3,(H3,22,23,24,26). The summed E-state index contributed by atoms with van der Waals surface area (Å²) in [7, 11) is 0. The minimum absolute atomic E-state index is 0.248. The zero-order valence-electron chi connectivity index (χ0n) is 15.3. The van der Waals surface area contributed by atoms with Gasteiger partial charge in [0.05, 0.1) is 11.1 Å². The maximum atomic E-state index is 12.7. The van der Waals surface area contributed by atoms with E-state index in [0.29, 0.717) is 15.4 Å². The van der Waals surface area contributed by atoms with Gasteiger partial charge in [-0.15, -0.1) is 0 Å². The molecule has 0 spiro atoms. The smallest absolute Gasteiger partial charge is 0.340 e. The molecule has 0 bridgehead atoms. The van der Waals surface area contributed by atoms with Crippen LogP contribution in [-0.2, 0) is 9.53 Å². The van der Waals surface area contributed by atoms with Gasteiger partial charge in [-0.05, 0) is 30.2 Å². The Labute approximate surface area is 166 Å². The van der Waals surface area contributed by atoms with E-state index in [2.05, 4.69) is 6.07 Å². The molecular weight excluding hydrogens is 378 g/mol. The number of carbonyl (C=O) groups excluding carboxylic acids is 3. The number of nitrogens with one attached hydrogen (secondary N) is 1. The second kappa shape index (κ2) is 9.58. The number of urea groups is 1. The molecular formula is C20H19N3O4S. The van der Waals surface area contributed by atoms with Gasteiger partial charge in [0.15, 0.2) is 6.10 Å². The molecule has 2 aromatic rings. The average Bonchev–Trinajstić information content (AvgIpc) is 2.65. The van der Waals surface area contributed by atoms with Crippen molar-refractivity contribution in [2.45, 2.75) is 29.7 Å². The lowest BCUT2D eigenvalue weighted by atomic mass is 10.1. The van der Waals surface area contributed by atoms with Crippen molar-refractivity contribution in [2.75, 3.05) is 0 Å². The van der Waals surface area contributed by atoms with Gasteiger partial charge in [0, 0.05) is 9.79 Å². The monoisotopic (exact) mass is 397 g/mol. The minimum Gasteiger partial charge on any atom is -0.448 e. The summed E-state index contributed by atoms with van der Waals surface area (Å²) in [6.45, 7) is 3.37. The number of benzene rings is 2. The lowest BCUT2D eigenvalue weighted by Gasteiger charge is -2.20. The third-order valence-corrected chi connectivity index (χ3v) is 4.83. The van der Waals surface area contributed by atoms with Gasteiger partial charge in [-0.25, -0.2) is 9.59 Å². The molecule has 7 nitrogen and oxygen atoms in total. The van der Waals surface area contributed by atoms with Crippen LogP contribution in [0.5, 0.6) is 0 Å². The van der Waals surface area contributed by atoms with E-state index in [1.165, 1.54) is 11.8 Å². The zero-order valence-corrected chi connectivity index (χ0v) is 16.2. The number of rotatable bonds is 6. The topological polar surface area (TPSA) is 122 Å². The fourth-order valence-electron chi connectivity index (χ4n) is 2.35. The van der Waals surface area contributed by atoms with Gasteiger partial charge < -0.3 is 10.5 Å². The summed E-state index contributed by atoms with van der Waals surface area (Å²) in [6, 6.07) is 14.8. The number of imide groups is 1. The van der Waals surface area contributed by atoms with Crippen LogP contribution < -0.4 is 11.1 Å². The van der Waals surface area contributed by atoms with Crippen LogP contribution >= 0.6 is 11.8 Å². The van der Waals surface area contributed by atoms with Crippen molar-refractivity contribution in [2.24, 2.45) is 11.7 Å². The molecule has 8 heteroatoms. The molecule has 0 aliphatic carbocycles. The van der Waals surface area contributed by atoms with Crippen molar-refractivity contribution in [3.63, 3.8) is 0 Å². The van der Waals surface area contributed by atoms with Crippen molar-refractivity contribution in [3.8, 4) is 6.07 Å². The molecule has 144 valence electrons. The first-order valence-electron chi connectivity index (χ1n) is 8.40. The van der Waals surface area contributed by atoms with E-state index in [1.807, 2.05) is 5.32 Å². The Bertz CT molecular complexity index is 937. The molecule has 1 atom stereocenters. The lowest BCUT2D eigenvalue weighted by molar-refractivity contribution is -0.130. The van der Waals surface area contributed by atoms with Gasteiger partial charge >= 0.3 is 12.0 Å². The SMILES string of the molecule is CC(C)C(OC(=O)c1ccccc1Sc1ccccc1C#N)C(=O)NC(N)=O. The molecule has 2 rings (SSSR count). The molecule has 0 radical (unpaired) electrons. The van der Waals surface area contributed by atoms with Gasteiger partial charge in [-0.2, -0.15) is 5.26 Å². The van der Waals surface area contributed by atoms with Crippen molar-refractivity contribution in [3.05, 3.63) is 59.7 Å². The summed E-state index contributed by atoms with van der Waals surface area (Å²) in [6.07, 6.45) is -1.18. The lowest BCUT2D eigenvalue weighted by Crippen LogP contribution is -2.45. The summed E-state index contributed by atoms with van der Waals surface area (Å²) < 4.78 is 5.36. The number of ether oxygens (including phenoxy) is 1. The molecule has 0 aromatic heterocycles. The van der Waals surface area contributed by atoms with Crippen LogP contribution in [0.4, 0.5) is 4.79 Å². The number of nitrogens with two attached hydrogens (primary N) is 1. The zero-order chi connectivity index (χ0) is 20.7. The number of amides is 3. The quantitative estimate of drug-likeness (QED) is 0.722. The molecule has 0 saturated heterocycles. The normalized spacial score (nSPS) is 11.4. The van der Waals surface area contributed by atoms with Gasteiger partial charge in [0.1, 0.15) is 6.07 Å². The summed E-state index contributed by atoms with van der Waals surface area (Å²) in [5.41, 5.74) is 5.70. The predicted molar refractivity (Wildman–Crippen MR) is 103 cm³/mol. The predicted octanol–water partition coefficient (Wildman–Crippen LogP) is 3.09. The van der Waals surface area contributed by atoms with Gasteiger partial charge in [0.25, 0.3) is 5.91 Å². The van der Waals surface area contributed by atoms with Crippen molar-refractivity contribution >= 4 is 29.7 Å². The maximum Gasteiger partial charge on any atom is 0.340 e. The third-order valence-electron chi connectivity index (χ3n) is 3.68. The molecule has 28 heavy (non-hydrogen) atoms. The highest BCUT2D eigenvalue weighted by Gasteiger charge is 2.28. The van der Waals surface area contributed by atoms with Crippen LogP contribution in [0.25, 0.3) is 0 Å². The summed E-state index contributed by atoms with van der Waals surface area (Å²) in [5, 5.41) is 11.2. The fourth-order valence-corrected chi connectivity index (χ4v) is 3.37. The summed E-state index contributed by atoms with van der Waals surface area (Å²) >= 11 is 1.25. The second-order valence-corrected chi connectivity index (χ2v) is 7.21. The Hall–Kier alpha value is -3.31. The fraction of sp³-hybridized carbons (Fsp3) is 0.200. The Morgan fingerprint density at radius 2 is 1.68 bits per heavy atom. The van der Waals surface area contributed by atoms with Crippen LogP contribution in [0.15, 0.2) is 58.3 Å². The number of primary amides is 1. The number of nitrogens with zero attached hydrogens (tertiary/aromatic N) is 1. The van der Waals surface area contributed by atoms with Crippen LogP contribution in [-0.4, -0.2) is 24.0 Å². The maximum absolute atomic E-state index is 12.7. The number of esters is 1. The molecule has 0 saturated carbocycles. The first-order chi connectivity index (χ1) is 13.3. The second-order valence-electron chi connectivity index (χ2n) is 6.13. The van der Waals surface area contributed by atoms with E-state index in [4.69, 9.17) is 10.5 Å². The largest absolute Gasteiger partial charge is 0.448 e. The highest BCUT2D eigenvalue weighted by Crippen LogP contribution is 2.33. The Kier molecular flexibility index (Phi) is 7.18. The van der Waals surface area contributed by atoms with Gasteiger partial charge in [0.2, 0.25) is 0 Å². The van der Waals surface area contributed by atoms with E-state index in [1.54, 1.807) is 62.4 Å².